The van der Waals surface area contributed by atoms with Crippen LogP contribution in [0.3, 0.4) is 0 Å². The SMILES string of the molecule is Cc1ccc(-n2ncc(C(=O)N(C)CC(C)C(=O)O)c2C(C)C)cc1. The highest BCUT2D eigenvalue weighted by atomic mass is 16.4. The number of rotatable bonds is 6. The van der Waals surface area contributed by atoms with Crippen molar-refractivity contribution in [3.63, 3.8) is 0 Å². The fourth-order valence-corrected chi connectivity index (χ4v) is 2.75. The molecule has 1 unspecified atom stereocenters. The summed E-state index contributed by atoms with van der Waals surface area (Å²) in [6, 6.07) is 7.95. The molecule has 0 aliphatic heterocycles. The fourth-order valence-electron chi connectivity index (χ4n) is 2.75. The lowest BCUT2D eigenvalue weighted by atomic mass is 10.0. The maximum Gasteiger partial charge on any atom is 0.308 e. The number of amides is 1. The molecule has 1 aromatic carbocycles. The summed E-state index contributed by atoms with van der Waals surface area (Å²) in [5.74, 6) is -1.66. The summed E-state index contributed by atoms with van der Waals surface area (Å²) in [7, 11) is 1.62. The molecule has 0 fully saturated rings. The number of nitrogens with zero attached hydrogens (tertiary/aromatic N) is 3. The second-order valence-electron chi connectivity index (χ2n) is 6.77. The van der Waals surface area contributed by atoms with E-state index in [2.05, 4.69) is 5.10 Å². The molecule has 134 valence electrons. The van der Waals surface area contributed by atoms with Gasteiger partial charge in [-0.25, -0.2) is 4.68 Å². The highest BCUT2D eigenvalue weighted by Crippen LogP contribution is 2.24. The minimum absolute atomic E-state index is 0.0908. The molecule has 1 amide bonds. The molecule has 1 N–H and O–H groups in total. The van der Waals surface area contributed by atoms with Crippen molar-refractivity contribution in [2.24, 2.45) is 5.92 Å². The minimum Gasteiger partial charge on any atom is -0.481 e. The Kier molecular flexibility index (Phi) is 5.62. The number of hydrogen-bond donors (Lipinski definition) is 1. The summed E-state index contributed by atoms with van der Waals surface area (Å²) in [6.07, 6.45) is 1.57. The van der Waals surface area contributed by atoms with E-state index in [1.54, 1.807) is 24.9 Å². The second kappa shape index (κ2) is 7.51. The lowest BCUT2D eigenvalue weighted by molar-refractivity contribution is -0.141. The molecule has 0 aliphatic carbocycles. The zero-order valence-electron chi connectivity index (χ0n) is 15.4. The molecule has 0 saturated heterocycles. The van der Waals surface area contributed by atoms with E-state index >= 15 is 0 Å². The Morgan fingerprint density at radius 1 is 1.20 bits per heavy atom. The van der Waals surface area contributed by atoms with E-state index in [1.165, 1.54) is 4.90 Å². The van der Waals surface area contributed by atoms with Crippen molar-refractivity contribution in [2.75, 3.05) is 13.6 Å². The fraction of sp³-hybridized carbons (Fsp3) is 0.421. The van der Waals surface area contributed by atoms with Gasteiger partial charge in [-0.1, -0.05) is 38.5 Å². The van der Waals surface area contributed by atoms with Crippen LogP contribution in [0.15, 0.2) is 30.5 Å². The molecule has 6 nitrogen and oxygen atoms in total. The molecule has 0 spiro atoms. The first kappa shape index (κ1) is 18.7. The Morgan fingerprint density at radius 2 is 1.80 bits per heavy atom. The molecule has 0 aliphatic rings. The molecular formula is C19H25N3O3. The zero-order valence-corrected chi connectivity index (χ0v) is 15.4. The van der Waals surface area contributed by atoms with Gasteiger partial charge in [0.25, 0.3) is 5.91 Å². The first-order valence-electron chi connectivity index (χ1n) is 8.35. The van der Waals surface area contributed by atoms with Crippen LogP contribution in [0, 0.1) is 12.8 Å². The van der Waals surface area contributed by atoms with Gasteiger partial charge in [-0.3, -0.25) is 9.59 Å². The van der Waals surface area contributed by atoms with Crippen molar-refractivity contribution in [2.45, 2.75) is 33.6 Å². The standard InChI is InChI=1S/C19H25N3O3/c1-12(2)17-16(18(23)21(5)11-14(4)19(24)25)10-20-22(17)15-8-6-13(3)7-9-15/h6-10,12,14H,11H2,1-5H3,(H,24,25). The maximum absolute atomic E-state index is 12.8. The van der Waals surface area contributed by atoms with Gasteiger partial charge in [0, 0.05) is 13.6 Å². The molecule has 1 aromatic heterocycles. The Labute approximate surface area is 148 Å². The molecule has 2 rings (SSSR count). The first-order chi connectivity index (χ1) is 11.7. The zero-order chi connectivity index (χ0) is 18.7. The third-order valence-electron chi connectivity index (χ3n) is 4.18. The van der Waals surface area contributed by atoms with Crippen LogP contribution in [0.5, 0.6) is 0 Å². The molecule has 0 radical (unpaired) electrons. The van der Waals surface area contributed by atoms with Gasteiger partial charge < -0.3 is 10.0 Å². The van der Waals surface area contributed by atoms with Crippen molar-refractivity contribution >= 4 is 11.9 Å². The number of hydrogen-bond acceptors (Lipinski definition) is 3. The topological polar surface area (TPSA) is 75.4 Å². The molecule has 0 saturated carbocycles. The van der Waals surface area contributed by atoms with E-state index in [4.69, 9.17) is 5.11 Å². The third-order valence-corrected chi connectivity index (χ3v) is 4.18. The largest absolute Gasteiger partial charge is 0.481 e. The van der Waals surface area contributed by atoms with Crippen LogP contribution >= 0.6 is 0 Å². The van der Waals surface area contributed by atoms with E-state index in [-0.39, 0.29) is 18.4 Å². The van der Waals surface area contributed by atoms with E-state index in [0.717, 1.165) is 16.9 Å². The Morgan fingerprint density at radius 3 is 2.32 bits per heavy atom. The van der Waals surface area contributed by atoms with Gasteiger partial charge in [0.05, 0.1) is 29.1 Å². The van der Waals surface area contributed by atoms with Gasteiger partial charge in [0.2, 0.25) is 0 Å². The highest BCUT2D eigenvalue weighted by Gasteiger charge is 2.25. The van der Waals surface area contributed by atoms with Crippen LogP contribution in [0.4, 0.5) is 0 Å². The van der Waals surface area contributed by atoms with Gasteiger partial charge >= 0.3 is 5.97 Å². The van der Waals surface area contributed by atoms with Crippen molar-refractivity contribution in [3.8, 4) is 5.69 Å². The van der Waals surface area contributed by atoms with Gasteiger partial charge in [-0.2, -0.15) is 5.10 Å². The maximum atomic E-state index is 12.8. The summed E-state index contributed by atoms with van der Waals surface area (Å²) >= 11 is 0. The number of aromatic nitrogens is 2. The molecule has 25 heavy (non-hydrogen) atoms. The lowest BCUT2D eigenvalue weighted by Gasteiger charge is -2.20. The monoisotopic (exact) mass is 343 g/mol. The van der Waals surface area contributed by atoms with Gasteiger partial charge in [-0.05, 0) is 25.0 Å². The first-order valence-corrected chi connectivity index (χ1v) is 8.35. The minimum atomic E-state index is -0.918. The van der Waals surface area contributed by atoms with Crippen molar-refractivity contribution in [1.82, 2.24) is 14.7 Å². The van der Waals surface area contributed by atoms with E-state index < -0.39 is 11.9 Å². The van der Waals surface area contributed by atoms with Crippen molar-refractivity contribution in [3.05, 3.63) is 47.3 Å². The van der Waals surface area contributed by atoms with Crippen molar-refractivity contribution in [1.29, 1.82) is 0 Å². The number of benzene rings is 1. The summed E-state index contributed by atoms with van der Waals surface area (Å²) in [5, 5.41) is 13.5. The third kappa shape index (κ3) is 4.07. The van der Waals surface area contributed by atoms with Crippen LogP contribution in [-0.4, -0.2) is 45.3 Å². The van der Waals surface area contributed by atoms with Gasteiger partial charge in [-0.15, -0.1) is 0 Å². The van der Waals surface area contributed by atoms with Crippen molar-refractivity contribution < 1.29 is 14.7 Å². The van der Waals surface area contributed by atoms with Gasteiger partial charge in [0.1, 0.15) is 0 Å². The average molecular weight is 343 g/mol. The molecular weight excluding hydrogens is 318 g/mol. The highest BCUT2D eigenvalue weighted by molar-refractivity contribution is 5.95. The molecule has 0 bridgehead atoms. The molecule has 2 aromatic rings. The Bertz CT molecular complexity index is 763. The number of carboxylic acids is 1. The Hall–Kier alpha value is -2.63. The number of carbonyl (C=O) groups excluding carboxylic acids is 1. The van der Waals surface area contributed by atoms with Gasteiger partial charge in [0.15, 0.2) is 0 Å². The van der Waals surface area contributed by atoms with Crippen LogP contribution in [0.25, 0.3) is 5.69 Å². The predicted octanol–water partition coefficient (Wildman–Crippen LogP) is 3.10. The van der Waals surface area contributed by atoms with Crippen LogP contribution in [0.2, 0.25) is 0 Å². The summed E-state index contributed by atoms with van der Waals surface area (Å²) in [6.45, 7) is 7.78. The Balaban J connectivity index is 2.37. The molecule has 1 atom stereocenters. The van der Waals surface area contributed by atoms with Crippen LogP contribution in [0.1, 0.15) is 48.3 Å². The average Bonchev–Trinajstić information content (AvgIpc) is 2.99. The second-order valence-corrected chi connectivity index (χ2v) is 6.77. The normalized spacial score (nSPS) is 12.2. The van der Waals surface area contributed by atoms with Crippen LogP contribution < -0.4 is 0 Å². The molecule has 6 heteroatoms. The summed E-state index contributed by atoms with van der Waals surface area (Å²) in [5.41, 5.74) is 3.38. The lowest BCUT2D eigenvalue weighted by Crippen LogP contribution is -2.34. The smallest absolute Gasteiger partial charge is 0.308 e. The number of carboxylic acid groups (broad SMARTS) is 1. The van der Waals surface area contributed by atoms with E-state index in [9.17, 15) is 9.59 Å². The summed E-state index contributed by atoms with van der Waals surface area (Å²) < 4.78 is 1.78. The predicted molar refractivity (Wildman–Crippen MR) is 96.2 cm³/mol. The number of carbonyl (C=O) groups is 2. The van der Waals surface area contributed by atoms with E-state index in [0.29, 0.717) is 5.56 Å². The summed E-state index contributed by atoms with van der Waals surface area (Å²) in [4.78, 5) is 25.3. The van der Waals surface area contributed by atoms with Crippen LogP contribution in [-0.2, 0) is 4.79 Å². The quantitative estimate of drug-likeness (QED) is 0.874. The number of aryl methyl sites for hydroxylation is 1. The van der Waals surface area contributed by atoms with E-state index in [1.807, 2.05) is 45.0 Å². The molecule has 1 heterocycles. The number of aliphatic carboxylic acids is 1.